The number of rotatable bonds is 8. The fraction of sp³-hybridized carbons (Fsp3) is 0.667. The van der Waals surface area contributed by atoms with Crippen molar-refractivity contribution in [2.45, 2.75) is 19.3 Å². The number of sulfonamides is 1. The molecule has 1 aromatic heterocycles. The summed E-state index contributed by atoms with van der Waals surface area (Å²) in [7, 11) is -3.15. The number of H-pyrrole nitrogens is 1. The van der Waals surface area contributed by atoms with E-state index in [9.17, 15) is 8.42 Å². The van der Waals surface area contributed by atoms with Gasteiger partial charge in [0, 0.05) is 25.4 Å². The van der Waals surface area contributed by atoms with E-state index in [1.54, 1.807) is 12.4 Å². The molecule has 0 spiro atoms. The molecule has 0 unspecified atom stereocenters. The van der Waals surface area contributed by atoms with E-state index >= 15 is 0 Å². The Morgan fingerprint density at radius 3 is 2.88 bits per heavy atom. The molecule has 0 saturated carbocycles. The van der Waals surface area contributed by atoms with Crippen LogP contribution in [0.5, 0.6) is 0 Å². The lowest BCUT2D eigenvalue weighted by molar-refractivity contribution is 0.577. The largest absolute Gasteiger partial charge is 0.349 e. The van der Waals surface area contributed by atoms with Gasteiger partial charge in [-0.3, -0.25) is 0 Å². The Morgan fingerprint density at radius 1 is 1.44 bits per heavy atom. The zero-order valence-electron chi connectivity index (χ0n) is 9.15. The summed E-state index contributed by atoms with van der Waals surface area (Å²) in [6.07, 6.45) is 5.27. The second-order valence-electron chi connectivity index (χ2n) is 3.49. The van der Waals surface area contributed by atoms with Crippen LogP contribution in [0.25, 0.3) is 0 Å². The molecule has 4 N–H and O–H groups in total. The highest BCUT2D eigenvalue weighted by atomic mass is 32.2. The molecule has 16 heavy (non-hydrogen) atoms. The normalized spacial score (nSPS) is 11.8. The van der Waals surface area contributed by atoms with E-state index in [4.69, 9.17) is 5.73 Å². The van der Waals surface area contributed by atoms with Crippen LogP contribution in [0.1, 0.15) is 18.7 Å². The molecule has 0 fully saturated rings. The van der Waals surface area contributed by atoms with Crippen molar-refractivity contribution in [3.63, 3.8) is 0 Å². The van der Waals surface area contributed by atoms with Crippen LogP contribution in [0.15, 0.2) is 12.4 Å². The average Bonchev–Trinajstić information content (AvgIpc) is 2.70. The molecular formula is C9H18N4O2S. The van der Waals surface area contributed by atoms with Crippen LogP contribution in [0, 0.1) is 0 Å². The number of hydrogen-bond donors (Lipinski definition) is 3. The van der Waals surface area contributed by atoms with Gasteiger partial charge in [0.2, 0.25) is 10.0 Å². The number of unbranched alkanes of at least 4 members (excludes halogenated alkanes) is 1. The molecule has 1 rings (SSSR count). The second-order valence-corrected chi connectivity index (χ2v) is 5.42. The zero-order chi connectivity index (χ0) is 11.9. The van der Waals surface area contributed by atoms with E-state index in [1.165, 1.54) is 0 Å². The lowest BCUT2D eigenvalue weighted by atomic mass is 10.3. The summed E-state index contributed by atoms with van der Waals surface area (Å²) in [6, 6.07) is 0. The minimum absolute atomic E-state index is 0.141. The van der Waals surface area contributed by atoms with Crippen LogP contribution in [0.4, 0.5) is 0 Å². The van der Waals surface area contributed by atoms with E-state index in [-0.39, 0.29) is 5.75 Å². The van der Waals surface area contributed by atoms with Crippen molar-refractivity contribution in [1.29, 1.82) is 0 Å². The number of nitrogens with one attached hydrogen (secondary N) is 2. The minimum atomic E-state index is -3.15. The molecule has 1 heterocycles. The quantitative estimate of drug-likeness (QED) is 0.544. The Labute approximate surface area is 95.7 Å². The molecule has 7 heteroatoms. The van der Waals surface area contributed by atoms with Crippen molar-refractivity contribution in [2.24, 2.45) is 5.73 Å². The van der Waals surface area contributed by atoms with Gasteiger partial charge in [0.25, 0.3) is 0 Å². The molecular weight excluding hydrogens is 228 g/mol. The van der Waals surface area contributed by atoms with E-state index in [0.717, 1.165) is 12.2 Å². The first-order valence-electron chi connectivity index (χ1n) is 5.30. The predicted molar refractivity (Wildman–Crippen MR) is 62.4 cm³/mol. The summed E-state index contributed by atoms with van der Waals surface area (Å²) in [6.45, 7) is 0.903. The predicted octanol–water partition coefficient (Wildman–Crippen LogP) is -0.389. The van der Waals surface area contributed by atoms with E-state index in [1.807, 2.05) is 0 Å². The third-order valence-corrected chi connectivity index (χ3v) is 3.58. The first kappa shape index (κ1) is 13.1. The van der Waals surface area contributed by atoms with Crippen molar-refractivity contribution in [3.8, 4) is 0 Å². The highest BCUT2D eigenvalue weighted by Crippen LogP contribution is 1.94. The number of nitrogens with two attached hydrogens (primary N) is 1. The number of aromatic amines is 1. The third kappa shape index (κ3) is 5.24. The molecule has 1 aromatic rings. The molecule has 0 radical (unpaired) electrons. The van der Waals surface area contributed by atoms with Gasteiger partial charge in [0.05, 0.1) is 5.75 Å². The Kier molecular flexibility index (Phi) is 5.44. The van der Waals surface area contributed by atoms with Gasteiger partial charge in [-0.25, -0.2) is 18.1 Å². The first-order valence-corrected chi connectivity index (χ1v) is 6.95. The topological polar surface area (TPSA) is 101 Å². The van der Waals surface area contributed by atoms with Crippen molar-refractivity contribution in [1.82, 2.24) is 14.7 Å². The molecule has 0 aliphatic heterocycles. The van der Waals surface area contributed by atoms with E-state index in [2.05, 4.69) is 14.7 Å². The highest BCUT2D eigenvalue weighted by molar-refractivity contribution is 7.89. The van der Waals surface area contributed by atoms with Crippen LogP contribution in [0.3, 0.4) is 0 Å². The van der Waals surface area contributed by atoms with Crippen LogP contribution < -0.4 is 10.5 Å². The summed E-state index contributed by atoms with van der Waals surface area (Å²) in [5.41, 5.74) is 5.29. The monoisotopic (exact) mass is 246 g/mol. The van der Waals surface area contributed by atoms with Crippen LogP contribution >= 0.6 is 0 Å². The second kappa shape index (κ2) is 6.62. The van der Waals surface area contributed by atoms with Crippen molar-refractivity contribution >= 4 is 10.0 Å². The van der Waals surface area contributed by atoms with Crippen molar-refractivity contribution in [3.05, 3.63) is 18.2 Å². The summed E-state index contributed by atoms with van der Waals surface area (Å²) in [5, 5.41) is 0. The Balaban J connectivity index is 2.20. The standard InChI is InChI=1S/C9H18N4O2S/c10-4-1-2-8-16(14,15)13-5-3-9-11-6-7-12-9/h6-7,13H,1-5,8,10H2,(H,11,12). The van der Waals surface area contributed by atoms with E-state index in [0.29, 0.717) is 25.9 Å². The maximum Gasteiger partial charge on any atom is 0.211 e. The van der Waals surface area contributed by atoms with Gasteiger partial charge in [-0.05, 0) is 19.4 Å². The number of aromatic nitrogens is 2. The molecule has 0 aliphatic rings. The van der Waals surface area contributed by atoms with Crippen molar-refractivity contribution < 1.29 is 8.42 Å². The van der Waals surface area contributed by atoms with Crippen LogP contribution in [-0.4, -0.2) is 37.2 Å². The lowest BCUT2D eigenvalue weighted by Gasteiger charge is -2.05. The van der Waals surface area contributed by atoms with Crippen molar-refractivity contribution in [2.75, 3.05) is 18.8 Å². The first-order chi connectivity index (χ1) is 7.64. The highest BCUT2D eigenvalue weighted by Gasteiger charge is 2.08. The summed E-state index contributed by atoms with van der Waals surface area (Å²) >= 11 is 0. The van der Waals surface area contributed by atoms with Gasteiger partial charge >= 0.3 is 0 Å². The summed E-state index contributed by atoms with van der Waals surface area (Å²) < 4.78 is 25.4. The molecule has 92 valence electrons. The van der Waals surface area contributed by atoms with Gasteiger partial charge in [-0.15, -0.1) is 0 Å². The van der Waals surface area contributed by atoms with Crippen LogP contribution in [0.2, 0.25) is 0 Å². The number of imidazole rings is 1. The molecule has 0 atom stereocenters. The Hall–Kier alpha value is -0.920. The Bertz CT molecular complexity index is 374. The van der Waals surface area contributed by atoms with Crippen LogP contribution in [-0.2, 0) is 16.4 Å². The smallest absolute Gasteiger partial charge is 0.211 e. The molecule has 0 amide bonds. The number of nitrogens with zero attached hydrogens (tertiary/aromatic N) is 1. The molecule has 0 saturated heterocycles. The fourth-order valence-corrected chi connectivity index (χ4v) is 2.41. The van der Waals surface area contributed by atoms with Gasteiger partial charge in [0.1, 0.15) is 5.82 Å². The lowest BCUT2D eigenvalue weighted by Crippen LogP contribution is -2.28. The number of hydrogen-bond acceptors (Lipinski definition) is 4. The maximum atomic E-state index is 11.5. The summed E-state index contributed by atoms with van der Waals surface area (Å²) in [4.78, 5) is 6.92. The van der Waals surface area contributed by atoms with Gasteiger partial charge in [-0.2, -0.15) is 0 Å². The van der Waals surface area contributed by atoms with Gasteiger partial charge in [0.15, 0.2) is 0 Å². The Morgan fingerprint density at radius 2 is 2.25 bits per heavy atom. The summed E-state index contributed by atoms with van der Waals surface area (Å²) in [5.74, 6) is 0.923. The SMILES string of the molecule is NCCCCS(=O)(=O)NCCc1ncc[nH]1. The fourth-order valence-electron chi connectivity index (χ4n) is 1.27. The minimum Gasteiger partial charge on any atom is -0.349 e. The molecule has 0 bridgehead atoms. The molecule has 0 aliphatic carbocycles. The van der Waals surface area contributed by atoms with E-state index < -0.39 is 10.0 Å². The molecule has 6 nitrogen and oxygen atoms in total. The third-order valence-electron chi connectivity index (χ3n) is 2.11. The molecule has 0 aromatic carbocycles. The average molecular weight is 246 g/mol. The van der Waals surface area contributed by atoms with Gasteiger partial charge in [-0.1, -0.05) is 0 Å². The zero-order valence-corrected chi connectivity index (χ0v) is 9.96. The maximum absolute atomic E-state index is 11.5. The van der Waals surface area contributed by atoms with Gasteiger partial charge < -0.3 is 10.7 Å².